The lowest BCUT2D eigenvalue weighted by Gasteiger charge is -2.33. The standard InChI is InChI=1S/C14H18FN3O2S/c15-13-3-5-14(6-4-13)21(19,20)18-11-9-17(10-12-18)8-2-1-7-16/h3-6H,1-2,8-12H2. The van der Waals surface area contributed by atoms with E-state index in [4.69, 9.17) is 5.26 Å². The van der Waals surface area contributed by atoms with E-state index in [1.165, 1.54) is 16.4 Å². The molecular formula is C14H18FN3O2S. The molecule has 1 saturated heterocycles. The molecule has 0 spiro atoms. The zero-order valence-corrected chi connectivity index (χ0v) is 12.5. The third-order valence-electron chi connectivity index (χ3n) is 3.55. The Kier molecular flexibility index (Phi) is 5.28. The van der Waals surface area contributed by atoms with E-state index in [2.05, 4.69) is 11.0 Å². The van der Waals surface area contributed by atoms with Crippen LogP contribution < -0.4 is 0 Å². The van der Waals surface area contributed by atoms with Gasteiger partial charge in [-0.2, -0.15) is 9.57 Å². The molecule has 0 aromatic heterocycles. The average Bonchev–Trinajstić information content (AvgIpc) is 2.48. The number of nitrogens with zero attached hydrogens (tertiary/aromatic N) is 3. The molecule has 0 unspecified atom stereocenters. The Morgan fingerprint density at radius 3 is 2.33 bits per heavy atom. The minimum absolute atomic E-state index is 0.127. The van der Waals surface area contributed by atoms with Gasteiger partial charge in [-0.3, -0.25) is 0 Å². The van der Waals surface area contributed by atoms with E-state index in [0.29, 0.717) is 32.6 Å². The number of hydrogen-bond donors (Lipinski definition) is 0. The van der Waals surface area contributed by atoms with Crippen LogP contribution in [-0.2, 0) is 10.0 Å². The number of benzene rings is 1. The van der Waals surface area contributed by atoms with Gasteiger partial charge in [-0.05, 0) is 37.2 Å². The minimum Gasteiger partial charge on any atom is -0.301 e. The van der Waals surface area contributed by atoms with Gasteiger partial charge in [0.1, 0.15) is 5.82 Å². The summed E-state index contributed by atoms with van der Waals surface area (Å²) < 4.78 is 39.1. The van der Waals surface area contributed by atoms with Gasteiger partial charge in [-0.25, -0.2) is 12.8 Å². The molecule has 0 aliphatic carbocycles. The highest BCUT2D eigenvalue weighted by molar-refractivity contribution is 7.89. The Hall–Kier alpha value is -1.49. The van der Waals surface area contributed by atoms with Crippen molar-refractivity contribution >= 4 is 10.0 Å². The second kappa shape index (κ2) is 6.98. The molecule has 1 aromatic rings. The van der Waals surface area contributed by atoms with E-state index < -0.39 is 15.8 Å². The van der Waals surface area contributed by atoms with Gasteiger partial charge >= 0.3 is 0 Å². The van der Waals surface area contributed by atoms with Crippen LogP contribution in [0.1, 0.15) is 12.8 Å². The Balaban J connectivity index is 1.95. The molecule has 1 aliphatic rings. The van der Waals surface area contributed by atoms with E-state index in [1.54, 1.807) is 0 Å². The maximum atomic E-state index is 12.9. The van der Waals surface area contributed by atoms with Gasteiger partial charge in [0.25, 0.3) is 0 Å². The van der Waals surface area contributed by atoms with E-state index in [9.17, 15) is 12.8 Å². The molecule has 1 heterocycles. The first-order chi connectivity index (χ1) is 10.0. The summed E-state index contributed by atoms with van der Waals surface area (Å²) in [5.41, 5.74) is 0. The Morgan fingerprint density at radius 2 is 1.76 bits per heavy atom. The van der Waals surface area contributed by atoms with E-state index in [0.717, 1.165) is 25.1 Å². The fourth-order valence-electron chi connectivity index (χ4n) is 2.33. The first-order valence-electron chi connectivity index (χ1n) is 6.89. The lowest BCUT2D eigenvalue weighted by atomic mass is 10.3. The number of unbranched alkanes of at least 4 members (excludes halogenated alkanes) is 1. The van der Waals surface area contributed by atoms with Crippen molar-refractivity contribution in [3.63, 3.8) is 0 Å². The summed E-state index contributed by atoms with van der Waals surface area (Å²) in [6.07, 6.45) is 1.33. The SMILES string of the molecule is N#CCCCN1CCN(S(=O)(=O)c2ccc(F)cc2)CC1. The van der Waals surface area contributed by atoms with Crippen molar-refractivity contribution in [1.82, 2.24) is 9.21 Å². The van der Waals surface area contributed by atoms with Crippen LogP contribution in [0, 0.1) is 17.1 Å². The average molecular weight is 311 g/mol. The van der Waals surface area contributed by atoms with Crippen LogP contribution in [-0.4, -0.2) is 50.3 Å². The molecule has 0 N–H and O–H groups in total. The van der Waals surface area contributed by atoms with E-state index >= 15 is 0 Å². The molecule has 114 valence electrons. The second-order valence-electron chi connectivity index (χ2n) is 4.96. The van der Waals surface area contributed by atoms with Crippen molar-refractivity contribution in [2.45, 2.75) is 17.7 Å². The Labute approximate surface area is 124 Å². The van der Waals surface area contributed by atoms with Crippen LogP contribution in [0.4, 0.5) is 4.39 Å². The van der Waals surface area contributed by atoms with Crippen LogP contribution in [0.5, 0.6) is 0 Å². The number of rotatable bonds is 5. The smallest absolute Gasteiger partial charge is 0.243 e. The van der Waals surface area contributed by atoms with Crippen LogP contribution in [0.3, 0.4) is 0 Å². The van der Waals surface area contributed by atoms with Gasteiger partial charge in [-0.15, -0.1) is 0 Å². The van der Waals surface area contributed by atoms with Crippen molar-refractivity contribution in [2.24, 2.45) is 0 Å². The van der Waals surface area contributed by atoms with Gasteiger partial charge < -0.3 is 4.90 Å². The molecule has 7 heteroatoms. The summed E-state index contributed by atoms with van der Waals surface area (Å²) in [4.78, 5) is 2.29. The summed E-state index contributed by atoms with van der Waals surface area (Å²) in [6.45, 7) is 2.98. The monoisotopic (exact) mass is 311 g/mol. The van der Waals surface area contributed by atoms with Crippen molar-refractivity contribution < 1.29 is 12.8 Å². The summed E-state index contributed by atoms with van der Waals surface area (Å²) in [6, 6.07) is 7.01. The first kappa shape index (κ1) is 15.9. The number of sulfonamides is 1. The highest BCUT2D eigenvalue weighted by Crippen LogP contribution is 2.18. The van der Waals surface area contributed by atoms with Gasteiger partial charge in [0, 0.05) is 32.6 Å². The van der Waals surface area contributed by atoms with Crippen LogP contribution in [0.2, 0.25) is 0 Å². The fraction of sp³-hybridized carbons (Fsp3) is 0.500. The highest BCUT2D eigenvalue weighted by atomic mass is 32.2. The normalized spacial score (nSPS) is 17.5. The highest BCUT2D eigenvalue weighted by Gasteiger charge is 2.28. The minimum atomic E-state index is -3.54. The molecular weight excluding hydrogens is 293 g/mol. The van der Waals surface area contributed by atoms with Gasteiger partial charge in [0.05, 0.1) is 11.0 Å². The molecule has 5 nitrogen and oxygen atoms in total. The van der Waals surface area contributed by atoms with Gasteiger partial charge in [0.15, 0.2) is 0 Å². The van der Waals surface area contributed by atoms with Crippen molar-refractivity contribution in [3.05, 3.63) is 30.1 Å². The number of hydrogen-bond acceptors (Lipinski definition) is 4. The largest absolute Gasteiger partial charge is 0.301 e. The molecule has 21 heavy (non-hydrogen) atoms. The van der Waals surface area contributed by atoms with Crippen molar-refractivity contribution in [2.75, 3.05) is 32.7 Å². The Bertz CT molecular complexity index is 602. The van der Waals surface area contributed by atoms with E-state index in [-0.39, 0.29) is 4.90 Å². The second-order valence-corrected chi connectivity index (χ2v) is 6.90. The molecule has 1 aliphatic heterocycles. The quantitative estimate of drug-likeness (QED) is 0.772. The van der Waals surface area contributed by atoms with Crippen LogP contribution in [0.15, 0.2) is 29.2 Å². The maximum Gasteiger partial charge on any atom is 0.243 e. The fourth-order valence-corrected chi connectivity index (χ4v) is 3.75. The molecule has 0 atom stereocenters. The molecule has 2 rings (SSSR count). The summed E-state index contributed by atoms with van der Waals surface area (Å²) in [7, 11) is -3.54. The third-order valence-corrected chi connectivity index (χ3v) is 5.46. The van der Waals surface area contributed by atoms with E-state index in [1.807, 2.05) is 0 Å². The zero-order valence-electron chi connectivity index (χ0n) is 11.7. The van der Waals surface area contributed by atoms with Crippen LogP contribution in [0.25, 0.3) is 0 Å². The summed E-state index contributed by atoms with van der Waals surface area (Å²) in [5, 5.41) is 8.51. The van der Waals surface area contributed by atoms with Crippen molar-refractivity contribution in [1.29, 1.82) is 5.26 Å². The number of piperazine rings is 1. The topological polar surface area (TPSA) is 64.4 Å². The lowest BCUT2D eigenvalue weighted by Crippen LogP contribution is -2.48. The predicted molar refractivity (Wildman–Crippen MR) is 76.4 cm³/mol. The van der Waals surface area contributed by atoms with Crippen molar-refractivity contribution in [3.8, 4) is 6.07 Å². The Morgan fingerprint density at radius 1 is 1.14 bits per heavy atom. The molecule has 0 radical (unpaired) electrons. The lowest BCUT2D eigenvalue weighted by molar-refractivity contribution is 0.187. The van der Waals surface area contributed by atoms with Gasteiger partial charge in [-0.1, -0.05) is 0 Å². The molecule has 0 amide bonds. The number of halogens is 1. The molecule has 0 bridgehead atoms. The molecule has 1 fully saturated rings. The maximum absolute atomic E-state index is 12.9. The number of nitriles is 1. The predicted octanol–water partition coefficient (Wildman–Crippen LogP) is 1.44. The zero-order chi connectivity index (χ0) is 15.3. The molecule has 1 aromatic carbocycles. The summed E-state index contributed by atoms with van der Waals surface area (Å²) in [5.74, 6) is -0.448. The van der Waals surface area contributed by atoms with Gasteiger partial charge in [0.2, 0.25) is 10.0 Å². The molecule has 0 saturated carbocycles. The summed E-state index contributed by atoms with van der Waals surface area (Å²) >= 11 is 0. The van der Waals surface area contributed by atoms with Crippen LogP contribution >= 0.6 is 0 Å². The third kappa shape index (κ3) is 4.00. The first-order valence-corrected chi connectivity index (χ1v) is 8.33.